The molecule has 0 saturated carbocycles. The fourth-order valence-electron chi connectivity index (χ4n) is 2.16. The molecule has 0 spiro atoms. The van der Waals surface area contributed by atoms with Crippen LogP contribution in [0.2, 0.25) is 5.15 Å². The van der Waals surface area contributed by atoms with E-state index < -0.39 is 5.97 Å². The highest BCUT2D eigenvalue weighted by Crippen LogP contribution is 2.25. The molecule has 1 saturated heterocycles. The number of nitrogens with zero attached hydrogens (tertiary/aromatic N) is 3. The number of nitrogens with one attached hydrogen (secondary N) is 1. The van der Waals surface area contributed by atoms with Crippen LogP contribution >= 0.6 is 11.6 Å². The lowest BCUT2D eigenvalue weighted by Crippen LogP contribution is -2.50. The fraction of sp³-hybridized carbons (Fsp3) is 0.583. The van der Waals surface area contributed by atoms with Crippen LogP contribution in [0.4, 0.5) is 11.6 Å². The van der Waals surface area contributed by atoms with Crippen LogP contribution in [-0.2, 0) is 4.74 Å². The largest absolute Gasteiger partial charge is 0.464 e. The van der Waals surface area contributed by atoms with Crippen molar-refractivity contribution < 1.29 is 9.53 Å². The van der Waals surface area contributed by atoms with Crippen LogP contribution in [-0.4, -0.2) is 48.7 Å². The van der Waals surface area contributed by atoms with Gasteiger partial charge < -0.3 is 20.7 Å². The fourth-order valence-corrected chi connectivity index (χ4v) is 2.40. The van der Waals surface area contributed by atoms with E-state index in [0.717, 1.165) is 26.1 Å². The zero-order valence-corrected chi connectivity index (χ0v) is 12.3. The number of piperazine rings is 1. The number of hydrogen-bond acceptors (Lipinski definition) is 7. The second-order valence-electron chi connectivity index (χ2n) is 4.57. The normalized spacial score (nSPS) is 18.9. The van der Waals surface area contributed by atoms with E-state index in [4.69, 9.17) is 17.3 Å². The number of nitrogen functional groups attached to an aromatic ring is 1. The van der Waals surface area contributed by atoms with Gasteiger partial charge in [0.1, 0.15) is 0 Å². The van der Waals surface area contributed by atoms with Gasteiger partial charge in [0.25, 0.3) is 0 Å². The van der Waals surface area contributed by atoms with Crippen molar-refractivity contribution in [3.8, 4) is 0 Å². The molecule has 1 aliphatic heterocycles. The first-order valence-corrected chi connectivity index (χ1v) is 6.84. The number of carbonyl (C=O) groups excluding carboxylic acids is 1. The number of carbonyl (C=O) groups is 1. The number of halogens is 1. The maximum absolute atomic E-state index is 11.5. The minimum absolute atomic E-state index is 0.0304. The number of hydrogen-bond donors (Lipinski definition) is 2. The van der Waals surface area contributed by atoms with Gasteiger partial charge in [0, 0.05) is 25.7 Å². The molecular weight excluding hydrogens is 282 g/mol. The summed E-state index contributed by atoms with van der Waals surface area (Å²) in [6.45, 7) is 4.50. The molecule has 1 aromatic heterocycles. The lowest BCUT2D eigenvalue weighted by molar-refractivity contribution is 0.0595. The summed E-state index contributed by atoms with van der Waals surface area (Å²) in [6, 6.07) is 0.378. The molecule has 20 heavy (non-hydrogen) atoms. The van der Waals surface area contributed by atoms with Gasteiger partial charge in [-0.05, 0) is 6.42 Å². The standard InChI is InChI=1S/C12H18ClN5O2/c1-3-7-6-18(5-4-15-7)11-9(13)16-8(10(14)17-11)12(19)20-2/h7,15H,3-6H2,1-2H3,(H2,14,17). The van der Waals surface area contributed by atoms with E-state index in [2.05, 4.69) is 26.9 Å². The first-order valence-electron chi connectivity index (χ1n) is 6.46. The monoisotopic (exact) mass is 299 g/mol. The molecule has 2 rings (SSSR count). The Balaban J connectivity index is 2.29. The van der Waals surface area contributed by atoms with Crippen LogP contribution in [0.3, 0.4) is 0 Å². The molecule has 0 amide bonds. The Hall–Kier alpha value is -1.60. The first-order chi connectivity index (χ1) is 9.56. The molecule has 8 heteroatoms. The predicted molar refractivity (Wildman–Crippen MR) is 77.1 cm³/mol. The Morgan fingerprint density at radius 1 is 1.60 bits per heavy atom. The van der Waals surface area contributed by atoms with Crippen LogP contribution in [0, 0.1) is 0 Å². The summed E-state index contributed by atoms with van der Waals surface area (Å²) in [7, 11) is 1.26. The van der Waals surface area contributed by atoms with Crippen LogP contribution in [0.25, 0.3) is 0 Å². The minimum Gasteiger partial charge on any atom is -0.464 e. The number of rotatable bonds is 3. The maximum atomic E-state index is 11.5. The van der Waals surface area contributed by atoms with E-state index in [9.17, 15) is 4.79 Å². The number of anilines is 2. The van der Waals surface area contributed by atoms with Crippen molar-refractivity contribution in [2.24, 2.45) is 0 Å². The smallest absolute Gasteiger partial charge is 0.360 e. The van der Waals surface area contributed by atoms with E-state index in [-0.39, 0.29) is 16.7 Å². The molecule has 1 fully saturated rings. The highest BCUT2D eigenvalue weighted by atomic mass is 35.5. The minimum atomic E-state index is -0.643. The second-order valence-corrected chi connectivity index (χ2v) is 4.93. The van der Waals surface area contributed by atoms with Crippen LogP contribution in [0.5, 0.6) is 0 Å². The van der Waals surface area contributed by atoms with Gasteiger partial charge in [0.2, 0.25) is 0 Å². The van der Waals surface area contributed by atoms with Gasteiger partial charge in [-0.1, -0.05) is 18.5 Å². The third-order valence-electron chi connectivity index (χ3n) is 3.29. The van der Waals surface area contributed by atoms with E-state index in [1.165, 1.54) is 7.11 Å². The molecule has 0 bridgehead atoms. The van der Waals surface area contributed by atoms with Gasteiger partial charge in [-0.3, -0.25) is 0 Å². The molecule has 2 heterocycles. The van der Waals surface area contributed by atoms with Crippen LogP contribution < -0.4 is 16.0 Å². The predicted octanol–water partition coefficient (Wildman–Crippen LogP) is 0.687. The maximum Gasteiger partial charge on any atom is 0.360 e. The summed E-state index contributed by atoms with van der Waals surface area (Å²) >= 11 is 6.13. The molecule has 1 aromatic rings. The summed E-state index contributed by atoms with van der Waals surface area (Å²) in [6.07, 6.45) is 1.01. The highest BCUT2D eigenvalue weighted by Gasteiger charge is 2.24. The van der Waals surface area contributed by atoms with Gasteiger partial charge in [0.05, 0.1) is 7.11 Å². The Kier molecular flexibility index (Phi) is 4.61. The zero-order chi connectivity index (χ0) is 14.7. The van der Waals surface area contributed by atoms with Crippen molar-refractivity contribution in [2.75, 3.05) is 37.4 Å². The molecule has 0 radical (unpaired) electrons. The Morgan fingerprint density at radius 2 is 2.35 bits per heavy atom. The SMILES string of the molecule is CCC1CN(c2nc(N)c(C(=O)OC)nc2Cl)CCN1. The first kappa shape index (κ1) is 14.8. The number of ether oxygens (including phenoxy) is 1. The molecule has 1 unspecified atom stereocenters. The topological polar surface area (TPSA) is 93.4 Å². The zero-order valence-electron chi connectivity index (χ0n) is 11.5. The van der Waals surface area contributed by atoms with Gasteiger partial charge >= 0.3 is 5.97 Å². The summed E-state index contributed by atoms with van der Waals surface area (Å²) in [5, 5.41) is 3.57. The third-order valence-corrected chi connectivity index (χ3v) is 3.54. The van der Waals surface area contributed by atoms with E-state index in [1.54, 1.807) is 0 Å². The van der Waals surface area contributed by atoms with Gasteiger partial charge in [-0.15, -0.1) is 0 Å². The van der Waals surface area contributed by atoms with Crippen molar-refractivity contribution in [3.05, 3.63) is 10.8 Å². The van der Waals surface area contributed by atoms with Crippen molar-refractivity contribution in [2.45, 2.75) is 19.4 Å². The Labute approximate surface area is 122 Å². The second kappa shape index (κ2) is 6.23. The lowest BCUT2D eigenvalue weighted by atomic mass is 10.1. The highest BCUT2D eigenvalue weighted by molar-refractivity contribution is 6.32. The lowest BCUT2D eigenvalue weighted by Gasteiger charge is -2.34. The summed E-state index contributed by atoms with van der Waals surface area (Å²) in [5.41, 5.74) is 5.71. The number of nitrogens with two attached hydrogens (primary N) is 1. The number of esters is 1. The third kappa shape index (κ3) is 2.94. The average molecular weight is 300 g/mol. The molecule has 1 aliphatic rings. The van der Waals surface area contributed by atoms with Crippen molar-refractivity contribution in [1.82, 2.24) is 15.3 Å². The van der Waals surface area contributed by atoms with Gasteiger partial charge in [0.15, 0.2) is 22.5 Å². The molecule has 1 atom stereocenters. The van der Waals surface area contributed by atoms with Crippen molar-refractivity contribution >= 4 is 29.2 Å². The van der Waals surface area contributed by atoms with E-state index in [0.29, 0.717) is 11.9 Å². The average Bonchev–Trinajstić information content (AvgIpc) is 2.48. The molecule has 0 aliphatic carbocycles. The number of aromatic nitrogens is 2. The molecule has 3 N–H and O–H groups in total. The quantitative estimate of drug-likeness (QED) is 0.793. The van der Waals surface area contributed by atoms with Crippen molar-refractivity contribution in [1.29, 1.82) is 0 Å². The molecule has 0 aromatic carbocycles. The van der Waals surface area contributed by atoms with Crippen LogP contribution in [0.1, 0.15) is 23.8 Å². The Morgan fingerprint density at radius 3 is 3.00 bits per heavy atom. The Bertz CT molecular complexity index is 511. The number of methoxy groups -OCH3 is 1. The molecule has 7 nitrogen and oxygen atoms in total. The molecular formula is C12H18ClN5O2. The van der Waals surface area contributed by atoms with Crippen LogP contribution in [0.15, 0.2) is 0 Å². The van der Waals surface area contributed by atoms with E-state index >= 15 is 0 Å². The summed E-state index contributed by atoms with van der Waals surface area (Å²) in [4.78, 5) is 21.7. The van der Waals surface area contributed by atoms with Crippen molar-refractivity contribution in [3.63, 3.8) is 0 Å². The van der Waals surface area contributed by atoms with Gasteiger partial charge in [-0.2, -0.15) is 0 Å². The molecule has 110 valence electrons. The summed E-state index contributed by atoms with van der Waals surface area (Å²) < 4.78 is 4.59. The summed E-state index contributed by atoms with van der Waals surface area (Å²) in [5.74, 6) is -0.102. The van der Waals surface area contributed by atoms with E-state index in [1.807, 2.05) is 4.90 Å². The van der Waals surface area contributed by atoms with Gasteiger partial charge in [-0.25, -0.2) is 14.8 Å².